The summed E-state index contributed by atoms with van der Waals surface area (Å²) in [5.41, 5.74) is 4.95. The summed E-state index contributed by atoms with van der Waals surface area (Å²) in [5.74, 6) is 0.900. The molecule has 3 aromatic rings. The van der Waals surface area contributed by atoms with Crippen LogP contribution < -0.4 is 5.32 Å². The van der Waals surface area contributed by atoms with E-state index in [0.717, 1.165) is 28.1 Å². The Kier molecular flexibility index (Phi) is 4.78. The molecule has 4 aliphatic carbocycles. The molecule has 0 amide bonds. The molecule has 4 bridgehead atoms. The van der Waals surface area contributed by atoms with Gasteiger partial charge in [0.2, 0.25) is 0 Å². The Bertz CT molecular complexity index is 1160. The highest BCUT2D eigenvalue weighted by Gasteiger charge is 2.59. The molecule has 4 heteroatoms. The van der Waals surface area contributed by atoms with Crippen LogP contribution in [0.1, 0.15) is 63.5 Å². The highest BCUT2D eigenvalue weighted by molar-refractivity contribution is 6.36. The number of nitrogens with one attached hydrogen (secondary N) is 1. The predicted molar refractivity (Wildman–Crippen MR) is 134 cm³/mol. The van der Waals surface area contributed by atoms with Crippen molar-refractivity contribution >= 4 is 34.1 Å². The van der Waals surface area contributed by atoms with Crippen molar-refractivity contribution in [3.63, 3.8) is 0 Å². The quantitative estimate of drug-likeness (QED) is 0.405. The van der Waals surface area contributed by atoms with Gasteiger partial charge in [-0.25, -0.2) is 0 Å². The van der Waals surface area contributed by atoms with Gasteiger partial charge in [0.25, 0.3) is 0 Å². The van der Waals surface area contributed by atoms with Crippen LogP contribution in [0.3, 0.4) is 0 Å². The van der Waals surface area contributed by atoms with Gasteiger partial charge >= 0.3 is 0 Å². The van der Waals surface area contributed by atoms with Crippen LogP contribution in [0.4, 0.5) is 0 Å². The fraction of sp³-hybridized carbons (Fsp3) is 0.500. The summed E-state index contributed by atoms with van der Waals surface area (Å²) < 4.78 is 2.31. The fourth-order valence-corrected chi connectivity index (χ4v) is 8.89. The van der Waals surface area contributed by atoms with E-state index in [1.54, 1.807) is 0 Å². The minimum Gasteiger partial charge on any atom is -0.343 e. The zero-order valence-electron chi connectivity index (χ0n) is 19.1. The van der Waals surface area contributed by atoms with E-state index in [-0.39, 0.29) is 0 Å². The van der Waals surface area contributed by atoms with Crippen molar-refractivity contribution in [1.29, 1.82) is 0 Å². The minimum atomic E-state index is 0.304. The number of aromatic nitrogens is 1. The SMILES string of the molecule is C[C@]12CC3CC(NCc4cn(Cc5c(Cl)cccc5Cl)c5ccccc45)(C1)C[C@@](C)(C3)C2. The monoisotopic (exact) mass is 466 g/mol. The molecule has 4 saturated carbocycles. The number of hydrogen-bond donors (Lipinski definition) is 1. The lowest BCUT2D eigenvalue weighted by atomic mass is 9.43. The predicted octanol–water partition coefficient (Wildman–Crippen LogP) is 7.84. The second-order valence-corrected chi connectivity index (χ2v) is 12.6. The molecule has 0 aliphatic heterocycles. The van der Waals surface area contributed by atoms with Gasteiger partial charge in [0.15, 0.2) is 0 Å². The average molecular weight is 467 g/mol. The molecular weight excluding hydrogens is 435 g/mol. The first kappa shape index (κ1) is 21.1. The van der Waals surface area contributed by atoms with Crippen LogP contribution in [-0.2, 0) is 13.1 Å². The van der Waals surface area contributed by atoms with E-state index in [1.807, 2.05) is 18.2 Å². The Labute approximate surface area is 201 Å². The van der Waals surface area contributed by atoms with E-state index in [9.17, 15) is 0 Å². The largest absolute Gasteiger partial charge is 0.343 e. The van der Waals surface area contributed by atoms with Gasteiger partial charge in [0.1, 0.15) is 0 Å². The van der Waals surface area contributed by atoms with Gasteiger partial charge < -0.3 is 9.88 Å². The molecule has 1 N–H and O–H groups in total. The number of benzene rings is 2. The van der Waals surface area contributed by atoms with E-state index in [2.05, 4.69) is 54.2 Å². The number of fused-ring (bicyclic) bond motifs is 1. The summed E-state index contributed by atoms with van der Waals surface area (Å²) in [4.78, 5) is 0. The Morgan fingerprint density at radius 1 is 0.906 bits per heavy atom. The Morgan fingerprint density at radius 2 is 1.59 bits per heavy atom. The highest BCUT2D eigenvalue weighted by atomic mass is 35.5. The summed E-state index contributed by atoms with van der Waals surface area (Å²) in [6, 6.07) is 14.5. The number of hydrogen-bond acceptors (Lipinski definition) is 1. The Balaban J connectivity index is 1.30. The second-order valence-electron chi connectivity index (χ2n) is 11.8. The molecular formula is C28H32Cl2N2. The third-order valence-corrected chi connectivity index (χ3v) is 9.25. The molecule has 4 fully saturated rings. The van der Waals surface area contributed by atoms with Crippen molar-refractivity contribution in [2.24, 2.45) is 16.7 Å². The molecule has 2 nitrogen and oxygen atoms in total. The normalized spacial score (nSPS) is 33.3. The molecule has 0 spiro atoms. The van der Waals surface area contributed by atoms with Crippen molar-refractivity contribution in [3.8, 4) is 0 Å². The molecule has 0 radical (unpaired) electrons. The van der Waals surface area contributed by atoms with Gasteiger partial charge in [-0.15, -0.1) is 0 Å². The summed E-state index contributed by atoms with van der Waals surface area (Å²) in [6.07, 6.45) is 10.6. The van der Waals surface area contributed by atoms with Crippen LogP contribution in [0.5, 0.6) is 0 Å². The van der Waals surface area contributed by atoms with Gasteiger partial charge in [0, 0.05) is 44.8 Å². The summed E-state index contributed by atoms with van der Waals surface area (Å²) in [7, 11) is 0. The molecule has 1 aromatic heterocycles. The van der Waals surface area contributed by atoms with Gasteiger partial charge in [-0.1, -0.05) is 61.3 Å². The van der Waals surface area contributed by atoms with E-state index in [4.69, 9.17) is 23.2 Å². The van der Waals surface area contributed by atoms with Gasteiger partial charge in [-0.3, -0.25) is 0 Å². The van der Waals surface area contributed by atoms with Gasteiger partial charge in [-0.2, -0.15) is 0 Å². The molecule has 1 heterocycles. The first-order chi connectivity index (χ1) is 15.3. The van der Waals surface area contributed by atoms with Crippen LogP contribution in [-0.4, -0.2) is 10.1 Å². The van der Waals surface area contributed by atoms with Crippen molar-refractivity contribution < 1.29 is 0 Å². The summed E-state index contributed by atoms with van der Waals surface area (Å²) in [6.45, 7) is 6.70. The Morgan fingerprint density at radius 3 is 2.28 bits per heavy atom. The molecule has 0 saturated heterocycles. The topological polar surface area (TPSA) is 17.0 Å². The fourth-order valence-electron chi connectivity index (χ4n) is 8.38. The third-order valence-electron chi connectivity index (χ3n) is 8.54. The van der Waals surface area contributed by atoms with Crippen LogP contribution >= 0.6 is 23.2 Å². The standard InChI is InChI=1S/C28H32Cl2N2/c1-26-10-19-11-27(2,16-26)18-28(12-19,17-26)31-13-20-14-32(25-9-4-3-6-21(20)25)15-22-23(29)7-5-8-24(22)30/h3-9,14,19,31H,10-13,15-18H2,1-2H3/t19?,26-,27+,28?. The number of rotatable bonds is 5. The second kappa shape index (κ2) is 7.26. The zero-order valence-corrected chi connectivity index (χ0v) is 20.6. The smallest absolute Gasteiger partial charge is 0.0505 e. The summed E-state index contributed by atoms with van der Waals surface area (Å²) in [5, 5.41) is 6.90. The lowest BCUT2D eigenvalue weighted by Gasteiger charge is -2.65. The number of para-hydroxylation sites is 1. The lowest BCUT2D eigenvalue weighted by molar-refractivity contribution is -0.118. The molecule has 4 aliphatic rings. The summed E-state index contributed by atoms with van der Waals surface area (Å²) >= 11 is 13.0. The average Bonchev–Trinajstić information content (AvgIpc) is 3.05. The first-order valence-electron chi connectivity index (χ1n) is 12.0. The van der Waals surface area contributed by atoms with Gasteiger partial charge in [-0.05, 0) is 79.0 Å². The molecule has 168 valence electrons. The Hall–Kier alpha value is -1.48. The van der Waals surface area contributed by atoms with E-state index in [0.29, 0.717) is 22.9 Å². The zero-order chi connectivity index (χ0) is 22.1. The number of nitrogens with zero attached hydrogens (tertiary/aromatic N) is 1. The van der Waals surface area contributed by atoms with Crippen molar-refractivity contribution in [2.75, 3.05) is 0 Å². The van der Waals surface area contributed by atoms with Crippen molar-refractivity contribution in [2.45, 2.75) is 71.0 Å². The number of halogens is 2. The van der Waals surface area contributed by atoms with E-state index >= 15 is 0 Å². The van der Waals surface area contributed by atoms with Crippen LogP contribution in [0, 0.1) is 16.7 Å². The van der Waals surface area contributed by atoms with Crippen LogP contribution in [0.2, 0.25) is 10.0 Å². The van der Waals surface area contributed by atoms with Gasteiger partial charge in [0.05, 0.1) is 6.54 Å². The molecule has 4 atom stereocenters. The van der Waals surface area contributed by atoms with Crippen LogP contribution in [0.15, 0.2) is 48.7 Å². The first-order valence-corrected chi connectivity index (χ1v) is 12.8. The molecule has 7 rings (SSSR count). The van der Waals surface area contributed by atoms with Crippen molar-refractivity contribution in [1.82, 2.24) is 9.88 Å². The lowest BCUT2D eigenvalue weighted by Crippen LogP contribution is -2.63. The highest BCUT2D eigenvalue weighted by Crippen LogP contribution is 2.66. The molecule has 2 unspecified atom stereocenters. The maximum Gasteiger partial charge on any atom is 0.0505 e. The van der Waals surface area contributed by atoms with Crippen molar-refractivity contribution in [3.05, 3.63) is 69.8 Å². The maximum absolute atomic E-state index is 6.49. The minimum absolute atomic E-state index is 0.304. The van der Waals surface area contributed by atoms with Crippen LogP contribution in [0.25, 0.3) is 10.9 Å². The molecule has 32 heavy (non-hydrogen) atoms. The maximum atomic E-state index is 6.49. The third kappa shape index (κ3) is 3.50. The van der Waals surface area contributed by atoms with E-state index in [1.165, 1.54) is 55.0 Å². The van der Waals surface area contributed by atoms with E-state index < -0.39 is 0 Å². The molecule has 2 aromatic carbocycles.